The van der Waals surface area contributed by atoms with Crippen molar-refractivity contribution in [3.63, 3.8) is 0 Å². The predicted molar refractivity (Wildman–Crippen MR) is 99.0 cm³/mol. The molecular formula is C20H23FN2O3. The average Bonchev–Trinajstić information content (AvgIpc) is 2.63. The highest BCUT2D eigenvalue weighted by atomic mass is 19.1. The lowest BCUT2D eigenvalue weighted by atomic mass is 10.1. The Morgan fingerprint density at radius 1 is 1.08 bits per heavy atom. The summed E-state index contributed by atoms with van der Waals surface area (Å²) >= 11 is 0. The fourth-order valence-electron chi connectivity index (χ4n) is 2.60. The van der Waals surface area contributed by atoms with Gasteiger partial charge >= 0.3 is 0 Å². The van der Waals surface area contributed by atoms with Crippen LogP contribution in [0.2, 0.25) is 0 Å². The quantitative estimate of drug-likeness (QED) is 0.824. The molecule has 5 nitrogen and oxygen atoms in total. The Hall–Kier alpha value is -2.89. The minimum absolute atomic E-state index is 0.0402. The molecule has 0 aliphatic rings. The molecular weight excluding hydrogens is 335 g/mol. The molecule has 0 aromatic heterocycles. The lowest BCUT2D eigenvalue weighted by Crippen LogP contribution is -2.30. The number of methoxy groups -OCH3 is 1. The van der Waals surface area contributed by atoms with Crippen LogP contribution >= 0.6 is 0 Å². The van der Waals surface area contributed by atoms with Crippen LogP contribution in [-0.4, -0.2) is 36.9 Å². The maximum atomic E-state index is 13.7. The molecule has 0 unspecified atom stereocenters. The molecule has 0 aliphatic heterocycles. The third kappa shape index (κ3) is 4.81. The number of nitrogens with zero attached hydrogens (tertiary/aromatic N) is 1. The molecule has 138 valence electrons. The summed E-state index contributed by atoms with van der Waals surface area (Å²) in [7, 11) is 1.39. The van der Waals surface area contributed by atoms with Crippen molar-refractivity contribution >= 4 is 17.5 Å². The third-order valence-electron chi connectivity index (χ3n) is 4.05. The molecule has 0 aliphatic carbocycles. The Balaban J connectivity index is 1.99. The molecule has 2 rings (SSSR count). The van der Waals surface area contributed by atoms with Crippen LogP contribution in [0.5, 0.6) is 5.75 Å². The largest absolute Gasteiger partial charge is 0.494 e. The van der Waals surface area contributed by atoms with Gasteiger partial charge in [0.1, 0.15) is 0 Å². The number of ether oxygens (including phenoxy) is 1. The van der Waals surface area contributed by atoms with Crippen molar-refractivity contribution in [1.82, 2.24) is 4.90 Å². The van der Waals surface area contributed by atoms with Crippen LogP contribution in [0.4, 0.5) is 10.1 Å². The molecule has 1 N–H and O–H groups in total. The second kappa shape index (κ2) is 8.99. The molecule has 0 atom stereocenters. The summed E-state index contributed by atoms with van der Waals surface area (Å²) in [5, 5.41) is 2.74. The van der Waals surface area contributed by atoms with Crippen LogP contribution in [0.25, 0.3) is 0 Å². The number of anilines is 1. The van der Waals surface area contributed by atoms with Crippen molar-refractivity contribution < 1.29 is 18.7 Å². The molecule has 0 radical (unpaired) electrons. The van der Waals surface area contributed by atoms with E-state index in [-0.39, 0.29) is 24.0 Å². The van der Waals surface area contributed by atoms with E-state index in [1.807, 2.05) is 13.8 Å². The first-order valence-electron chi connectivity index (χ1n) is 8.50. The van der Waals surface area contributed by atoms with Crippen molar-refractivity contribution in [3.05, 3.63) is 59.4 Å². The lowest BCUT2D eigenvalue weighted by molar-refractivity contribution is -0.115. The second-order valence-electron chi connectivity index (χ2n) is 5.75. The summed E-state index contributed by atoms with van der Waals surface area (Å²) in [4.78, 5) is 26.1. The Morgan fingerprint density at radius 3 is 2.27 bits per heavy atom. The molecule has 2 aromatic carbocycles. The number of benzene rings is 2. The minimum atomic E-state index is -0.503. The molecule has 0 spiro atoms. The predicted octanol–water partition coefficient (Wildman–Crippen LogP) is 3.50. The number of carbonyl (C=O) groups is 2. The monoisotopic (exact) mass is 358 g/mol. The molecule has 0 fully saturated rings. The van der Waals surface area contributed by atoms with Crippen LogP contribution in [0, 0.1) is 5.82 Å². The standard InChI is InChI=1S/C20H23FN2O3/c1-4-23(5-2)20(25)15-7-9-16(10-8-15)22-19(24)13-14-6-11-18(26-3)17(21)12-14/h6-12H,4-5,13H2,1-3H3,(H,22,24). The third-order valence-corrected chi connectivity index (χ3v) is 4.05. The number of amides is 2. The van der Waals surface area contributed by atoms with Crippen LogP contribution in [-0.2, 0) is 11.2 Å². The summed E-state index contributed by atoms with van der Waals surface area (Å²) in [6.45, 7) is 5.15. The topological polar surface area (TPSA) is 58.6 Å². The molecule has 0 saturated carbocycles. The molecule has 26 heavy (non-hydrogen) atoms. The van der Waals surface area contributed by atoms with Crippen molar-refractivity contribution in [2.45, 2.75) is 20.3 Å². The van der Waals surface area contributed by atoms with Crippen LogP contribution in [0.3, 0.4) is 0 Å². The molecule has 2 amide bonds. The maximum absolute atomic E-state index is 13.7. The van der Waals surface area contributed by atoms with E-state index in [0.717, 1.165) is 0 Å². The van der Waals surface area contributed by atoms with E-state index in [1.165, 1.54) is 19.2 Å². The van der Waals surface area contributed by atoms with Gasteiger partial charge in [-0.1, -0.05) is 6.07 Å². The first-order chi connectivity index (χ1) is 12.5. The van der Waals surface area contributed by atoms with Gasteiger partial charge in [0.15, 0.2) is 11.6 Å². The van der Waals surface area contributed by atoms with Gasteiger partial charge in [0.05, 0.1) is 13.5 Å². The van der Waals surface area contributed by atoms with Crippen molar-refractivity contribution in [2.75, 3.05) is 25.5 Å². The van der Waals surface area contributed by atoms with Gasteiger partial charge in [-0.2, -0.15) is 0 Å². The minimum Gasteiger partial charge on any atom is -0.494 e. The van der Waals surface area contributed by atoms with E-state index in [0.29, 0.717) is 29.9 Å². The number of rotatable bonds is 7. The molecule has 0 heterocycles. The molecule has 0 bridgehead atoms. The van der Waals surface area contributed by atoms with Gasteiger partial charge < -0.3 is 15.0 Å². The van der Waals surface area contributed by atoms with Gasteiger partial charge in [0, 0.05) is 24.3 Å². The van der Waals surface area contributed by atoms with Gasteiger partial charge in [-0.15, -0.1) is 0 Å². The first kappa shape index (κ1) is 19.4. The highest BCUT2D eigenvalue weighted by Crippen LogP contribution is 2.18. The average molecular weight is 358 g/mol. The van der Waals surface area contributed by atoms with Crippen molar-refractivity contribution in [1.29, 1.82) is 0 Å². The van der Waals surface area contributed by atoms with Gasteiger partial charge in [-0.05, 0) is 55.8 Å². The van der Waals surface area contributed by atoms with Gasteiger partial charge in [0.25, 0.3) is 5.91 Å². The summed E-state index contributed by atoms with van der Waals surface area (Å²) in [6, 6.07) is 11.2. The molecule has 0 saturated heterocycles. The zero-order valence-electron chi connectivity index (χ0n) is 15.2. The van der Waals surface area contributed by atoms with Gasteiger partial charge in [-0.25, -0.2) is 4.39 Å². The van der Waals surface area contributed by atoms with Crippen molar-refractivity contribution in [2.24, 2.45) is 0 Å². The molecule has 2 aromatic rings. The summed E-state index contributed by atoms with van der Waals surface area (Å²) in [5.41, 5.74) is 1.71. The normalized spacial score (nSPS) is 10.3. The van der Waals surface area contributed by atoms with E-state index in [2.05, 4.69) is 5.32 Å². The van der Waals surface area contributed by atoms with Gasteiger partial charge in [0.2, 0.25) is 5.91 Å². The Kier molecular flexibility index (Phi) is 6.72. The second-order valence-corrected chi connectivity index (χ2v) is 5.75. The highest BCUT2D eigenvalue weighted by molar-refractivity contribution is 5.96. The van der Waals surface area contributed by atoms with E-state index >= 15 is 0 Å². The van der Waals surface area contributed by atoms with Gasteiger partial charge in [-0.3, -0.25) is 9.59 Å². The van der Waals surface area contributed by atoms with Crippen LogP contribution < -0.4 is 10.1 Å². The van der Waals surface area contributed by atoms with E-state index in [4.69, 9.17) is 4.74 Å². The van der Waals surface area contributed by atoms with Crippen LogP contribution in [0.1, 0.15) is 29.8 Å². The Morgan fingerprint density at radius 2 is 1.73 bits per heavy atom. The van der Waals surface area contributed by atoms with Crippen LogP contribution in [0.15, 0.2) is 42.5 Å². The SMILES string of the molecule is CCN(CC)C(=O)c1ccc(NC(=O)Cc2ccc(OC)c(F)c2)cc1. The fraction of sp³-hybridized carbons (Fsp3) is 0.300. The Bertz CT molecular complexity index is 771. The zero-order chi connectivity index (χ0) is 19.1. The Labute approximate surface area is 152 Å². The highest BCUT2D eigenvalue weighted by Gasteiger charge is 2.13. The molecule has 6 heteroatoms. The summed E-state index contributed by atoms with van der Waals surface area (Å²) in [6.07, 6.45) is 0.0427. The fourth-order valence-corrected chi connectivity index (χ4v) is 2.60. The van der Waals surface area contributed by atoms with E-state index in [9.17, 15) is 14.0 Å². The summed E-state index contributed by atoms with van der Waals surface area (Å²) < 4.78 is 18.5. The lowest BCUT2D eigenvalue weighted by Gasteiger charge is -2.18. The van der Waals surface area contributed by atoms with Crippen molar-refractivity contribution in [3.8, 4) is 5.75 Å². The number of halogens is 1. The number of hydrogen-bond acceptors (Lipinski definition) is 3. The first-order valence-corrected chi connectivity index (χ1v) is 8.50. The van der Waals surface area contributed by atoms with E-state index in [1.54, 1.807) is 35.2 Å². The van der Waals surface area contributed by atoms with E-state index < -0.39 is 5.82 Å². The number of carbonyl (C=O) groups excluding carboxylic acids is 2. The number of nitrogens with one attached hydrogen (secondary N) is 1. The smallest absolute Gasteiger partial charge is 0.253 e. The maximum Gasteiger partial charge on any atom is 0.253 e. The zero-order valence-corrected chi connectivity index (χ0v) is 15.2. The summed E-state index contributed by atoms with van der Waals surface area (Å²) in [5.74, 6) is -0.668. The number of hydrogen-bond donors (Lipinski definition) is 1.